The molecule has 0 aliphatic rings. The smallest absolute Gasteiger partial charge is 0.218 e. The lowest BCUT2D eigenvalue weighted by Gasteiger charge is -2.20. The Labute approximate surface area is 102 Å². The highest BCUT2D eigenvalue weighted by Gasteiger charge is 2.12. The number of hydrogen-bond acceptors (Lipinski definition) is 5. The number of aliphatic hydroxyl groups excluding tert-OH is 1. The van der Waals surface area contributed by atoms with Gasteiger partial charge in [-0.15, -0.1) is 0 Å². The Morgan fingerprint density at radius 1 is 1.41 bits per heavy atom. The van der Waals surface area contributed by atoms with Gasteiger partial charge in [0.2, 0.25) is 5.88 Å². The Morgan fingerprint density at radius 2 is 2.18 bits per heavy atom. The summed E-state index contributed by atoms with van der Waals surface area (Å²) in [7, 11) is 0. The van der Waals surface area contributed by atoms with E-state index in [1.807, 2.05) is 20.8 Å². The quantitative estimate of drug-likeness (QED) is 0.758. The third kappa shape index (κ3) is 4.56. The molecule has 1 unspecified atom stereocenters. The maximum absolute atomic E-state index is 9.23. The molecule has 1 aromatic heterocycles. The molecule has 1 aromatic rings. The number of nitrogens with one attached hydrogen (secondary N) is 1. The van der Waals surface area contributed by atoms with Gasteiger partial charge < -0.3 is 15.2 Å². The fraction of sp³-hybridized carbons (Fsp3) is 0.667. The number of rotatable bonds is 7. The van der Waals surface area contributed by atoms with Gasteiger partial charge >= 0.3 is 0 Å². The molecular formula is C12H21N3O2. The van der Waals surface area contributed by atoms with Gasteiger partial charge in [0.1, 0.15) is 12.1 Å². The molecule has 0 saturated carbocycles. The van der Waals surface area contributed by atoms with E-state index in [-0.39, 0.29) is 12.6 Å². The van der Waals surface area contributed by atoms with E-state index in [0.717, 1.165) is 6.42 Å². The first-order chi connectivity index (χ1) is 8.17. The highest BCUT2D eigenvalue weighted by molar-refractivity contribution is 5.38. The molecule has 0 spiro atoms. The third-order valence-electron chi connectivity index (χ3n) is 2.43. The van der Waals surface area contributed by atoms with Gasteiger partial charge in [0, 0.05) is 6.07 Å². The van der Waals surface area contributed by atoms with Crippen molar-refractivity contribution in [1.82, 2.24) is 9.97 Å². The van der Waals surface area contributed by atoms with E-state index in [9.17, 15) is 5.11 Å². The summed E-state index contributed by atoms with van der Waals surface area (Å²) >= 11 is 0. The van der Waals surface area contributed by atoms with E-state index in [0.29, 0.717) is 24.2 Å². The molecule has 0 aliphatic carbocycles. The van der Waals surface area contributed by atoms with Crippen molar-refractivity contribution >= 4 is 5.82 Å². The summed E-state index contributed by atoms with van der Waals surface area (Å²) in [5, 5.41) is 12.4. The molecule has 1 heterocycles. The maximum Gasteiger partial charge on any atom is 0.218 e. The van der Waals surface area contributed by atoms with Gasteiger partial charge in [-0.1, -0.05) is 20.8 Å². The Hall–Kier alpha value is -1.36. The van der Waals surface area contributed by atoms with Gasteiger partial charge in [-0.3, -0.25) is 0 Å². The van der Waals surface area contributed by atoms with E-state index in [1.54, 1.807) is 6.07 Å². The second-order valence-corrected chi connectivity index (χ2v) is 4.27. The van der Waals surface area contributed by atoms with Crippen molar-refractivity contribution in [2.24, 2.45) is 5.92 Å². The number of ether oxygens (including phenoxy) is 1. The lowest BCUT2D eigenvalue weighted by atomic mass is 10.1. The molecule has 1 atom stereocenters. The van der Waals surface area contributed by atoms with Crippen LogP contribution in [-0.2, 0) is 0 Å². The van der Waals surface area contributed by atoms with Gasteiger partial charge in [0.15, 0.2) is 0 Å². The summed E-state index contributed by atoms with van der Waals surface area (Å²) in [6.07, 6.45) is 2.40. The zero-order valence-corrected chi connectivity index (χ0v) is 10.7. The zero-order valence-electron chi connectivity index (χ0n) is 10.7. The van der Waals surface area contributed by atoms with Crippen LogP contribution in [0.2, 0.25) is 0 Å². The molecule has 0 saturated heterocycles. The van der Waals surface area contributed by atoms with Crippen molar-refractivity contribution < 1.29 is 9.84 Å². The second-order valence-electron chi connectivity index (χ2n) is 4.27. The predicted octanol–water partition coefficient (Wildman–Crippen LogP) is 1.69. The van der Waals surface area contributed by atoms with Crippen LogP contribution in [0.4, 0.5) is 5.82 Å². The summed E-state index contributed by atoms with van der Waals surface area (Å²) in [5.41, 5.74) is 0. The lowest BCUT2D eigenvalue weighted by molar-refractivity contribution is 0.249. The molecule has 5 nitrogen and oxygen atoms in total. The molecule has 0 radical (unpaired) electrons. The third-order valence-corrected chi connectivity index (χ3v) is 2.43. The lowest BCUT2D eigenvalue weighted by Crippen LogP contribution is -2.29. The first-order valence-electron chi connectivity index (χ1n) is 5.99. The first kappa shape index (κ1) is 13.7. The van der Waals surface area contributed by atoms with Crippen LogP contribution in [0, 0.1) is 5.92 Å². The average molecular weight is 239 g/mol. The minimum absolute atomic E-state index is 0.0103. The Balaban J connectivity index is 2.64. The van der Waals surface area contributed by atoms with Crippen LogP contribution < -0.4 is 10.1 Å². The SMILES string of the molecule is CCCOc1cc(NC(CO)C(C)C)ncn1. The van der Waals surface area contributed by atoms with Crippen LogP contribution in [0.5, 0.6) is 5.88 Å². The molecule has 0 aliphatic heterocycles. The highest BCUT2D eigenvalue weighted by atomic mass is 16.5. The average Bonchev–Trinajstić information content (AvgIpc) is 2.33. The van der Waals surface area contributed by atoms with Gasteiger partial charge in [0.25, 0.3) is 0 Å². The molecule has 0 fully saturated rings. The van der Waals surface area contributed by atoms with Crippen LogP contribution >= 0.6 is 0 Å². The Bertz CT molecular complexity index is 331. The van der Waals surface area contributed by atoms with Crippen molar-refractivity contribution in [2.75, 3.05) is 18.5 Å². The van der Waals surface area contributed by atoms with Crippen molar-refractivity contribution in [2.45, 2.75) is 33.2 Å². The Kier molecular flexibility index (Phi) is 5.69. The standard InChI is InChI=1S/C12H21N3O2/c1-4-5-17-12-6-11(13-8-14-12)15-10(7-16)9(2)3/h6,8-10,16H,4-5,7H2,1-3H3,(H,13,14,15). The van der Waals surface area contributed by atoms with Gasteiger partial charge in [-0.05, 0) is 12.3 Å². The number of aliphatic hydroxyl groups is 1. The van der Waals surface area contributed by atoms with Crippen molar-refractivity contribution in [3.8, 4) is 5.88 Å². The molecule has 0 aromatic carbocycles. The van der Waals surface area contributed by atoms with E-state index in [4.69, 9.17) is 4.74 Å². The molecule has 5 heteroatoms. The normalized spacial score (nSPS) is 12.5. The summed E-state index contributed by atoms with van der Waals surface area (Å²) in [6, 6.07) is 1.74. The molecule has 0 bridgehead atoms. The van der Waals surface area contributed by atoms with E-state index < -0.39 is 0 Å². The number of nitrogens with zero attached hydrogens (tertiary/aromatic N) is 2. The fourth-order valence-electron chi connectivity index (χ4n) is 1.32. The second kappa shape index (κ2) is 7.06. The summed E-state index contributed by atoms with van der Waals surface area (Å²) in [4.78, 5) is 8.12. The van der Waals surface area contributed by atoms with Crippen LogP contribution in [0.15, 0.2) is 12.4 Å². The van der Waals surface area contributed by atoms with Crippen molar-refractivity contribution in [3.63, 3.8) is 0 Å². The topological polar surface area (TPSA) is 67.3 Å². The first-order valence-corrected chi connectivity index (χ1v) is 5.99. The van der Waals surface area contributed by atoms with Gasteiger partial charge in [-0.2, -0.15) is 0 Å². The van der Waals surface area contributed by atoms with E-state index in [1.165, 1.54) is 6.33 Å². The van der Waals surface area contributed by atoms with Crippen molar-refractivity contribution in [1.29, 1.82) is 0 Å². The van der Waals surface area contributed by atoms with E-state index in [2.05, 4.69) is 15.3 Å². The highest BCUT2D eigenvalue weighted by Crippen LogP contribution is 2.14. The maximum atomic E-state index is 9.23. The van der Waals surface area contributed by atoms with Crippen LogP contribution in [0.25, 0.3) is 0 Å². The molecule has 2 N–H and O–H groups in total. The molecule has 1 rings (SSSR count). The minimum atomic E-state index is -0.0103. The van der Waals surface area contributed by atoms with Crippen LogP contribution in [0.3, 0.4) is 0 Å². The number of aromatic nitrogens is 2. The van der Waals surface area contributed by atoms with Gasteiger partial charge in [0.05, 0.1) is 19.3 Å². The summed E-state index contributed by atoms with van der Waals surface area (Å²) in [6.45, 7) is 6.85. The largest absolute Gasteiger partial charge is 0.478 e. The Morgan fingerprint density at radius 3 is 2.76 bits per heavy atom. The summed E-state index contributed by atoms with van der Waals surface area (Å²) < 4.78 is 5.42. The summed E-state index contributed by atoms with van der Waals surface area (Å²) in [5.74, 6) is 1.57. The predicted molar refractivity (Wildman–Crippen MR) is 67.2 cm³/mol. The molecule has 17 heavy (non-hydrogen) atoms. The molecular weight excluding hydrogens is 218 g/mol. The van der Waals surface area contributed by atoms with Gasteiger partial charge in [-0.25, -0.2) is 9.97 Å². The van der Waals surface area contributed by atoms with Crippen LogP contribution in [0.1, 0.15) is 27.2 Å². The molecule has 0 amide bonds. The monoisotopic (exact) mass is 239 g/mol. The number of hydrogen-bond donors (Lipinski definition) is 2. The number of anilines is 1. The molecule has 96 valence electrons. The van der Waals surface area contributed by atoms with Crippen molar-refractivity contribution in [3.05, 3.63) is 12.4 Å². The van der Waals surface area contributed by atoms with E-state index >= 15 is 0 Å². The fourth-order valence-corrected chi connectivity index (χ4v) is 1.32. The zero-order chi connectivity index (χ0) is 12.7. The minimum Gasteiger partial charge on any atom is -0.478 e. The van der Waals surface area contributed by atoms with Crippen LogP contribution in [-0.4, -0.2) is 34.3 Å².